The predicted molar refractivity (Wildman–Crippen MR) is 60.8 cm³/mol. The van der Waals surface area contributed by atoms with Crippen LogP contribution in [0.5, 0.6) is 11.5 Å². The lowest BCUT2D eigenvalue weighted by molar-refractivity contribution is 0.0898. The van der Waals surface area contributed by atoms with E-state index in [0.717, 1.165) is 12.8 Å². The molecule has 1 atom stereocenters. The van der Waals surface area contributed by atoms with Crippen LogP contribution in [0.4, 0.5) is 0 Å². The summed E-state index contributed by atoms with van der Waals surface area (Å²) in [7, 11) is 0. The van der Waals surface area contributed by atoms with Crippen molar-refractivity contribution in [3.8, 4) is 11.5 Å². The Morgan fingerprint density at radius 2 is 2.12 bits per heavy atom. The normalized spacial score (nSPS) is 16.5. The highest BCUT2D eigenvalue weighted by molar-refractivity contribution is 5.97. The van der Waals surface area contributed by atoms with Gasteiger partial charge in [-0.15, -0.1) is 0 Å². The van der Waals surface area contributed by atoms with Gasteiger partial charge in [-0.25, -0.2) is 0 Å². The molecule has 1 aliphatic carbocycles. The molecule has 1 amide bonds. The predicted octanol–water partition coefficient (Wildman–Crippen LogP) is 0.598. The van der Waals surface area contributed by atoms with Crippen molar-refractivity contribution in [2.75, 3.05) is 6.54 Å². The Kier molecular flexibility index (Phi) is 3.19. The summed E-state index contributed by atoms with van der Waals surface area (Å²) in [6, 6.07) is 4.18. The van der Waals surface area contributed by atoms with Crippen LogP contribution in [0.2, 0.25) is 0 Å². The molecule has 0 aromatic heterocycles. The fourth-order valence-electron chi connectivity index (χ4n) is 1.65. The van der Waals surface area contributed by atoms with Gasteiger partial charge in [0.1, 0.15) is 0 Å². The van der Waals surface area contributed by atoms with Gasteiger partial charge in [-0.2, -0.15) is 0 Å². The first-order valence-electron chi connectivity index (χ1n) is 5.57. The number of para-hydroxylation sites is 1. The molecule has 17 heavy (non-hydrogen) atoms. The average Bonchev–Trinajstić information content (AvgIpc) is 3.13. The molecular weight excluding hydrogens is 222 g/mol. The van der Waals surface area contributed by atoms with Crippen LogP contribution in [0.25, 0.3) is 0 Å². The smallest absolute Gasteiger partial charge is 0.255 e. The number of aromatic hydroxyl groups is 2. The Hall–Kier alpha value is -1.75. The lowest BCUT2D eigenvalue weighted by atomic mass is 10.1. The van der Waals surface area contributed by atoms with E-state index in [1.165, 1.54) is 18.2 Å². The molecule has 1 aliphatic rings. The number of phenolic OH excluding ortho intramolecular Hbond substituents is 2. The van der Waals surface area contributed by atoms with Crippen LogP contribution >= 0.6 is 0 Å². The Morgan fingerprint density at radius 1 is 1.41 bits per heavy atom. The van der Waals surface area contributed by atoms with Gasteiger partial charge in [-0.3, -0.25) is 4.79 Å². The van der Waals surface area contributed by atoms with Crippen LogP contribution in [0.15, 0.2) is 18.2 Å². The molecular formula is C12H15NO4. The van der Waals surface area contributed by atoms with Crippen LogP contribution in [0.1, 0.15) is 23.2 Å². The maximum atomic E-state index is 11.7. The summed E-state index contributed by atoms with van der Waals surface area (Å²) in [6.45, 7) is 0.165. The third-order valence-electron chi connectivity index (χ3n) is 2.90. The number of carbonyl (C=O) groups excluding carboxylic acids is 1. The van der Waals surface area contributed by atoms with Gasteiger partial charge in [-0.1, -0.05) is 6.07 Å². The molecule has 1 unspecified atom stereocenters. The second kappa shape index (κ2) is 4.63. The van der Waals surface area contributed by atoms with Gasteiger partial charge in [-0.05, 0) is 30.9 Å². The summed E-state index contributed by atoms with van der Waals surface area (Å²) in [5.74, 6) is -0.988. The zero-order valence-corrected chi connectivity index (χ0v) is 9.26. The molecule has 1 saturated carbocycles. The fourth-order valence-corrected chi connectivity index (χ4v) is 1.65. The highest BCUT2D eigenvalue weighted by Crippen LogP contribution is 2.32. The third-order valence-corrected chi connectivity index (χ3v) is 2.90. The molecule has 5 heteroatoms. The average molecular weight is 237 g/mol. The first kappa shape index (κ1) is 11.7. The molecule has 5 nitrogen and oxygen atoms in total. The number of rotatable bonds is 4. The van der Waals surface area contributed by atoms with Crippen molar-refractivity contribution in [2.24, 2.45) is 5.92 Å². The Morgan fingerprint density at radius 3 is 2.76 bits per heavy atom. The van der Waals surface area contributed by atoms with Gasteiger partial charge in [0.25, 0.3) is 5.91 Å². The van der Waals surface area contributed by atoms with E-state index in [0.29, 0.717) is 0 Å². The maximum absolute atomic E-state index is 11.7. The van der Waals surface area contributed by atoms with Gasteiger partial charge in [0.05, 0.1) is 11.7 Å². The zero-order chi connectivity index (χ0) is 12.4. The molecule has 2 rings (SSSR count). The number of hydrogen-bond donors (Lipinski definition) is 4. The van der Waals surface area contributed by atoms with Gasteiger partial charge in [0, 0.05) is 6.54 Å². The summed E-state index contributed by atoms with van der Waals surface area (Å²) >= 11 is 0. The number of nitrogens with one attached hydrogen (secondary N) is 1. The van der Waals surface area contributed by atoms with Crippen LogP contribution in [-0.4, -0.2) is 33.9 Å². The molecule has 1 fully saturated rings. The first-order valence-corrected chi connectivity index (χ1v) is 5.57. The minimum absolute atomic E-state index is 0.00740. The summed E-state index contributed by atoms with van der Waals surface area (Å²) in [6.07, 6.45) is 1.46. The van der Waals surface area contributed by atoms with Gasteiger partial charge in [0.15, 0.2) is 11.5 Å². The molecule has 4 N–H and O–H groups in total. The van der Waals surface area contributed by atoms with E-state index in [1.54, 1.807) is 0 Å². The van der Waals surface area contributed by atoms with E-state index in [2.05, 4.69) is 5.32 Å². The van der Waals surface area contributed by atoms with E-state index < -0.39 is 17.8 Å². The number of benzene rings is 1. The highest BCUT2D eigenvalue weighted by atomic mass is 16.3. The van der Waals surface area contributed by atoms with E-state index in [1.807, 2.05) is 0 Å². The second-order valence-electron chi connectivity index (χ2n) is 4.29. The van der Waals surface area contributed by atoms with Gasteiger partial charge < -0.3 is 20.6 Å². The fraction of sp³-hybridized carbons (Fsp3) is 0.417. The van der Waals surface area contributed by atoms with Crippen molar-refractivity contribution in [2.45, 2.75) is 18.9 Å². The molecule has 1 aromatic carbocycles. The Bertz CT molecular complexity index is 429. The van der Waals surface area contributed by atoms with E-state index >= 15 is 0 Å². The molecule has 0 heterocycles. The molecule has 92 valence electrons. The standard InChI is InChI=1S/C12H15NO4/c14-9-3-1-2-8(11(9)16)12(17)13-6-10(15)7-4-5-7/h1-3,7,10,14-16H,4-6H2,(H,13,17). The van der Waals surface area contributed by atoms with Gasteiger partial charge >= 0.3 is 0 Å². The molecule has 0 radical (unpaired) electrons. The molecule has 0 spiro atoms. The first-order chi connectivity index (χ1) is 8.09. The quantitative estimate of drug-likeness (QED) is 0.577. The van der Waals surface area contributed by atoms with Crippen molar-refractivity contribution in [1.29, 1.82) is 0 Å². The van der Waals surface area contributed by atoms with Crippen molar-refractivity contribution in [3.05, 3.63) is 23.8 Å². The molecule has 1 aromatic rings. The summed E-state index contributed by atoms with van der Waals surface area (Å²) in [4.78, 5) is 11.7. The second-order valence-corrected chi connectivity index (χ2v) is 4.29. The number of phenols is 2. The molecule has 0 bridgehead atoms. The highest BCUT2D eigenvalue weighted by Gasteiger charge is 2.29. The SMILES string of the molecule is O=C(NCC(O)C1CC1)c1cccc(O)c1O. The van der Waals surface area contributed by atoms with Crippen LogP contribution in [0.3, 0.4) is 0 Å². The number of amides is 1. The van der Waals surface area contributed by atoms with Gasteiger partial charge in [0.2, 0.25) is 0 Å². The summed E-state index contributed by atoms with van der Waals surface area (Å²) < 4.78 is 0. The van der Waals surface area contributed by atoms with E-state index in [4.69, 9.17) is 0 Å². The molecule has 0 saturated heterocycles. The summed E-state index contributed by atoms with van der Waals surface area (Å²) in [5.41, 5.74) is 0.00740. The van der Waals surface area contributed by atoms with Crippen LogP contribution in [0, 0.1) is 5.92 Å². The Labute approximate surface area is 98.7 Å². The largest absolute Gasteiger partial charge is 0.504 e. The third kappa shape index (κ3) is 2.68. The van der Waals surface area contributed by atoms with Crippen molar-refractivity contribution >= 4 is 5.91 Å². The number of carbonyl (C=O) groups is 1. The van der Waals surface area contributed by atoms with Crippen LogP contribution in [-0.2, 0) is 0 Å². The topological polar surface area (TPSA) is 89.8 Å². The monoisotopic (exact) mass is 237 g/mol. The number of aliphatic hydroxyl groups excluding tert-OH is 1. The lowest BCUT2D eigenvalue weighted by Crippen LogP contribution is -2.33. The minimum atomic E-state index is -0.529. The Balaban J connectivity index is 1.96. The maximum Gasteiger partial charge on any atom is 0.255 e. The molecule has 0 aliphatic heterocycles. The van der Waals surface area contributed by atoms with Crippen LogP contribution < -0.4 is 5.32 Å². The lowest BCUT2D eigenvalue weighted by Gasteiger charge is -2.11. The van der Waals surface area contributed by atoms with Crippen molar-refractivity contribution < 1.29 is 20.1 Å². The van der Waals surface area contributed by atoms with E-state index in [9.17, 15) is 20.1 Å². The van der Waals surface area contributed by atoms with Crippen molar-refractivity contribution in [1.82, 2.24) is 5.32 Å². The number of hydrogen-bond acceptors (Lipinski definition) is 4. The zero-order valence-electron chi connectivity index (χ0n) is 9.26. The summed E-state index contributed by atoms with van der Waals surface area (Å²) in [5, 5.41) is 30.8. The van der Waals surface area contributed by atoms with E-state index in [-0.39, 0.29) is 23.8 Å². The minimum Gasteiger partial charge on any atom is -0.504 e. The van der Waals surface area contributed by atoms with Crippen molar-refractivity contribution in [3.63, 3.8) is 0 Å². The number of aliphatic hydroxyl groups is 1.